The molecular weight excluding hydrogens is 435 g/mol. The van der Waals surface area contributed by atoms with E-state index >= 15 is 0 Å². The maximum Gasteiger partial charge on any atom is 0.494 e. The summed E-state index contributed by atoms with van der Waals surface area (Å²) in [5.74, 6) is 0. The fourth-order valence-electron chi connectivity index (χ4n) is 5.06. The maximum absolute atomic E-state index is 6.27. The number of fused-ring (bicyclic) bond motifs is 6. The van der Waals surface area contributed by atoms with E-state index in [1.165, 1.54) is 0 Å². The van der Waals surface area contributed by atoms with Gasteiger partial charge in [-0.2, -0.15) is 0 Å². The SMILES string of the molecule is CC1(C)OB(c2ccc3c(c2)oc2ccc(-c4cccc5c4oc4ccccc45)cc23)OC1(C)C. The summed E-state index contributed by atoms with van der Waals surface area (Å²) in [7, 11) is -0.418. The Labute approximate surface area is 203 Å². The molecule has 2 aromatic heterocycles. The quantitative estimate of drug-likeness (QED) is 0.252. The van der Waals surface area contributed by atoms with Crippen molar-refractivity contribution in [2.24, 2.45) is 0 Å². The lowest BCUT2D eigenvalue weighted by Crippen LogP contribution is -2.41. The van der Waals surface area contributed by atoms with Gasteiger partial charge in [-0.25, -0.2) is 0 Å². The Bertz CT molecular complexity index is 1760. The Morgan fingerprint density at radius 3 is 2.11 bits per heavy atom. The lowest BCUT2D eigenvalue weighted by atomic mass is 9.79. The number of para-hydroxylation sites is 2. The first-order valence-electron chi connectivity index (χ1n) is 12.0. The first-order chi connectivity index (χ1) is 16.8. The van der Waals surface area contributed by atoms with Crippen molar-refractivity contribution >= 4 is 56.5 Å². The lowest BCUT2D eigenvalue weighted by molar-refractivity contribution is 0.00578. The van der Waals surface area contributed by atoms with Crippen LogP contribution in [0, 0.1) is 0 Å². The molecular formula is C30H25BO4. The average Bonchev–Trinajstić information content (AvgIpc) is 3.46. The van der Waals surface area contributed by atoms with E-state index in [0.29, 0.717) is 0 Å². The summed E-state index contributed by atoms with van der Waals surface area (Å²) >= 11 is 0. The zero-order valence-electron chi connectivity index (χ0n) is 20.2. The van der Waals surface area contributed by atoms with E-state index in [9.17, 15) is 0 Å². The van der Waals surface area contributed by atoms with Crippen LogP contribution in [0.3, 0.4) is 0 Å². The summed E-state index contributed by atoms with van der Waals surface area (Å²) in [6.07, 6.45) is 0. The molecule has 0 spiro atoms. The standard InChI is InChI=1S/C30H25BO4/c1-29(2)30(3,4)35-31(34-29)19-13-14-22-24-16-18(12-15-26(24)32-27(22)17-19)20-9-7-10-23-21-8-5-6-11-25(21)33-28(20)23/h5-17H,1-4H3. The number of benzene rings is 4. The smallest absolute Gasteiger partial charge is 0.456 e. The molecule has 1 fully saturated rings. The first kappa shape index (κ1) is 20.8. The molecule has 1 aliphatic heterocycles. The van der Waals surface area contributed by atoms with E-state index in [4.69, 9.17) is 18.1 Å². The van der Waals surface area contributed by atoms with Crippen LogP contribution in [0.1, 0.15) is 27.7 Å². The van der Waals surface area contributed by atoms with Gasteiger partial charge in [0.25, 0.3) is 0 Å². The Kier molecular flexibility index (Phi) is 4.16. The topological polar surface area (TPSA) is 44.7 Å². The van der Waals surface area contributed by atoms with Gasteiger partial charge < -0.3 is 18.1 Å². The van der Waals surface area contributed by atoms with Crippen molar-refractivity contribution < 1.29 is 18.1 Å². The van der Waals surface area contributed by atoms with Gasteiger partial charge in [0, 0.05) is 27.1 Å². The van der Waals surface area contributed by atoms with E-state index in [1.54, 1.807) is 0 Å². The van der Waals surface area contributed by atoms with Gasteiger partial charge in [0.05, 0.1) is 11.2 Å². The molecule has 0 bridgehead atoms. The van der Waals surface area contributed by atoms with Crippen molar-refractivity contribution in [3.8, 4) is 11.1 Å². The molecule has 4 aromatic carbocycles. The molecule has 0 aliphatic carbocycles. The highest BCUT2D eigenvalue weighted by Gasteiger charge is 2.51. The largest absolute Gasteiger partial charge is 0.494 e. The van der Waals surface area contributed by atoms with Gasteiger partial charge in [-0.1, -0.05) is 54.6 Å². The summed E-state index contributed by atoms with van der Waals surface area (Å²) in [5, 5.41) is 4.40. The third-order valence-corrected chi connectivity index (χ3v) is 7.74. The Hall–Kier alpha value is -3.54. The van der Waals surface area contributed by atoms with Crippen molar-refractivity contribution in [2.75, 3.05) is 0 Å². The van der Waals surface area contributed by atoms with Crippen molar-refractivity contribution in [3.63, 3.8) is 0 Å². The fraction of sp³-hybridized carbons (Fsp3) is 0.200. The molecule has 172 valence electrons. The predicted octanol–water partition coefficient (Wildman–Crippen LogP) is 7.45. The van der Waals surface area contributed by atoms with Gasteiger partial charge in [-0.05, 0) is 63.0 Å². The lowest BCUT2D eigenvalue weighted by Gasteiger charge is -2.32. The molecule has 1 saturated heterocycles. The zero-order chi connectivity index (χ0) is 23.9. The van der Waals surface area contributed by atoms with Crippen molar-refractivity contribution in [1.29, 1.82) is 0 Å². The number of furan rings is 2. The molecule has 6 aromatic rings. The van der Waals surface area contributed by atoms with E-state index in [2.05, 4.69) is 76.2 Å². The van der Waals surface area contributed by atoms with E-state index in [0.717, 1.165) is 60.5 Å². The molecule has 1 aliphatic rings. The van der Waals surface area contributed by atoms with Crippen LogP contribution in [-0.2, 0) is 9.31 Å². The monoisotopic (exact) mass is 460 g/mol. The molecule has 7 rings (SSSR count). The molecule has 0 N–H and O–H groups in total. The molecule has 0 amide bonds. The van der Waals surface area contributed by atoms with E-state index < -0.39 is 7.12 Å². The van der Waals surface area contributed by atoms with Gasteiger partial charge in [0.15, 0.2) is 0 Å². The first-order valence-corrected chi connectivity index (χ1v) is 12.0. The van der Waals surface area contributed by atoms with E-state index in [1.807, 2.05) is 30.3 Å². The number of hydrogen-bond acceptors (Lipinski definition) is 4. The summed E-state index contributed by atoms with van der Waals surface area (Å²) in [5.41, 5.74) is 5.85. The third kappa shape index (κ3) is 3.02. The third-order valence-electron chi connectivity index (χ3n) is 7.74. The molecule has 35 heavy (non-hydrogen) atoms. The van der Waals surface area contributed by atoms with Crippen LogP contribution in [0.5, 0.6) is 0 Å². The second kappa shape index (κ2) is 7.00. The van der Waals surface area contributed by atoms with Crippen molar-refractivity contribution in [3.05, 3.63) is 78.9 Å². The van der Waals surface area contributed by atoms with Crippen LogP contribution < -0.4 is 5.46 Å². The van der Waals surface area contributed by atoms with Gasteiger partial charge >= 0.3 is 7.12 Å². The Morgan fingerprint density at radius 1 is 0.571 bits per heavy atom. The molecule has 4 nitrogen and oxygen atoms in total. The van der Waals surface area contributed by atoms with E-state index in [-0.39, 0.29) is 11.2 Å². The molecule has 0 unspecified atom stereocenters. The highest BCUT2D eigenvalue weighted by molar-refractivity contribution is 6.62. The minimum absolute atomic E-state index is 0.382. The summed E-state index contributed by atoms with van der Waals surface area (Å²) in [4.78, 5) is 0. The number of hydrogen-bond donors (Lipinski definition) is 0. The summed E-state index contributed by atoms with van der Waals surface area (Å²) in [6.45, 7) is 8.27. The molecule has 5 heteroatoms. The normalized spacial score (nSPS) is 17.3. The Morgan fingerprint density at radius 2 is 1.29 bits per heavy atom. The molecule has 0 atom stereocenters. The van der Waals surface area contributed by atoms with Gasteiger partial charge in [0.2, 0.25) is 0 Å². The van der Waals surface area contributed by atoms with Crippen LogP contribution in [0.25, 0.3) is 55.0 Å². The van der Waals surface area contributed by atoms with Crippen LogP contribution in [0.15, 0.2) is 87.7 Å². The van der Waals surface area contributed by atoms with Crippen LogP contribution >= 0.6 is 0 Å². The Balaban J connectivity index is 1.34. The van der Waals surface area contributed by atoms with Crippen LogP contribution in [-0.4, -0.2) is 18.3 Å². The van der Waals surface area contributed by atoms with Gasteiger partial charge in [-0.3, -0.25) is 0 Å². The molecule has 0 saturated carbocycles. The number of rotatable bonds is 2. The summed E-state index contributed by atoms with van der Waals surface area (Å²) in [6, 6.07) is 27.1. The van der Waals surface area contributed by atoms with Crippen LogP contribution in [0.2, 0.25) is 0 Å². The van der Waals surface area contributed by atoms with Gasteiger partial charge in [0.1, 0.15) is 22.3 Å². The average molecular weight is 460 g/mol. The van der Waals surface area contributed by atoms with Crippen molar-refractivity contribution in [2.45, 2.75) is 38.9 Å². The summed E-state index contributed by atoms with van der Waals surface area (Å²) < 4.78 is 25.0. The predicted molar refractivity (Wildman–Crippen MR) is 142 cm³/mol. The fourth-order valence-corrected chi connectivity index (χ4v) is 5.06. The second-order valence-corrected chi connectivity index (χ2v) is 10.4. The zero-order valence-corrected chi connectivity index (χ0v) is 20.2. The highest BCUT2D eigenvalue weighted by Crippen LogP contribution is 2.39. The second-order valence-electron chi connectivity index (χ2n) is 10.4. The minimum atomic E-state index is -0.418. The molecule has 0 radical (unpaired) electrons. The minimum Gasteiger partial charge on any atom is -0.456 e. The highest BCUT2D eigenvalue weighted by atomic mass is 16.7. The maximum atomic E-state index is 6.27. The van der Waals surface area contributed by atoms with Crippen molar-refractivity contribution in [1.82, 2.24) is 0 Å². The van der Waals surface area contributed by atoms with Crippen LogP contribution in [0.4, 0.5) is 0 Å². The molecule has 3 heterocycles. The van der Waals surface area contributed by atoms with Gasteiger partial charge in [-0.15, -0.1) is 0 Å².